The molecular weight excluding hydrogens is 288 g/mol. The number of hydrogen-bond acceptors (Lipinski definition) is 3. The maximum atomic E-state index is 12.2. The van der Waals surface area contributed by atoms with Gasteiger partial charge in [0.1, 0.15) is 0 Å². The SMILES string of the molecule is Cl.O=C(CC1COCCN1)Nc1cccc2c1CCCC2. The summed E-state index contributed by atoms with van der Waals surface area (Å²) >= 11 is 0. The number of rotatable bonds is 3. The van der Waals surface area contributed by atoms with Gasteiger partial charge in [0.05, 0.1) is 13.2 Å². The van der Waals surface area contributed by atoms with Crippen molar-refractivity contribution in [3.05, 3.63) is 29.3 Å². The zero-order valence-corrected chi connectivity index (χ0v) is 13.0. The minimum absolute atomic E-state index is 0. The van der Waals surface area contributed by atoms with Gasteiger partial charge in [-0.1, -0.05) is 12.1 Å². The molecule has 2 aliphatic rings. The number of halogens is 1. The Hall–Kier alpha value is -1.10. The van der Waals surface area contributed by atoms with E-state index in [0.717, 1.165) is 31.7 Å². The van der Waals surface area contributed by atoms with Crippen LogP contribution in [0.5, 0.6) is 0 Å². The van der Waals surface area contributed by atoms with E-state index in [2.05, 4.69) is 16.7 Å². The van der Waals surface area contributed by atoms with Crippen molar-refractivity contribution in [3.63, 3.8) is 0 Å². The normalized spacial score (nSPS) is 21.0. The van der Waals surface area contributed by atoms with Gasteiger partial charge in [-0.25, -0.2) is 0 Å². The molecule has 1 atom stereocenters. The number of carbonyl (C=O) groups excluding carboxylic acids is 1. The van der Waals surface area contributed by atoms with E-state index in [1.54, 1.807) is 0 Å². The van der Waals surface area contributed by atoms with Gasteiger partial charge < -0.3 is 15.4 Å². The molecule has 3 rings (SSSR count). The van der Waals surface area contributed by atoms with Crippen molar-refractivity contribution < 1.29 is 9.53 Å². The fourth-order valence-corrected chi connectivity index (χ4v) is 3.07. The lowest BCUT2D eigenvalue weighted by Gasteiger charge is -2.24. The van der Waals surface area contributed by atoms with Crippen LogP contribution in [0.3, 0.4) is 0 Å². The Bertz CT molecular complexity index is 487. The van der Waals surface area contributed by atoms with Gasteiger partial charge in [-0.3, -0.25) is 4.79 Å². The molecule has 1 aliphatic heterocycles. The van der Waals surface area contributed by atoms with E-state index in [4.69, 9.17) is 4.74 Å². The van der Waals surface area contributed by atoms with Gasteiger partial charge in [0.2, 0.25) is 5.91 Å². The van der Waals surface area contributed by atoms with Gasteiger partial charge in [0, 0.05) is 24.7 Å². The second-order valence-corrected chi connectivity index (χ2v) is 5.63. The van der Waals surface area contributed by atoms with Gasteiger partial charge in [-0.05, 0) is 42.9 Å². The standard InChI is InChI=1S/C16H22N2O2.ClH/c19-16(10-13-11-20-9-8-17-13)18-15-7-3-5-12-4-1-2-6-14(12)15;/h3,5,7,13,17H,1-2,4,6,8-11H2,(H,18,19);1H. The highest BCUT2D eigenvalue weighted by atomic mass is 35.5. The summed E-state index contributed by atoms with van der Waals surface area (Å²) in [6, 6.07) is 6.39. The zero-order valence-electron chi connectivity index (χ0n) is 12.2. The number of amides is 1. The van der Waals surface area contributed by atoms with Crippen LogP contribution >= 0.6 is 12.4 Å². The summed E-state index contributed by atoms with van der Waals surface area (Å²) in [6.07, 6.45) is 5.17. The fourth-order valence-electron chi connectivity index (χ4n) is 3.07. The van der Waals surface area contributed by atoms with Gasteiger partial charge in [-0.15, -0.1) is 12.4 Å². The van der Waals surface area contributed by atoms with Crippen LogP contribution in [0.1, 0.15) is 30.4 Å². The number of hydrogen-bond donors (Lipinski definition) is 2. The number of carbonyl (C=O) groups is 1. The number of aryl methyl sites for hydroxylation is 1. The quantitative estimate of drug-likeness (QED) is 0.901. The number of ether oxygens (including phenoxy) is 1. The molecule has 0 saturated carbocycles. The summed E-state index contributed by atoms with van der Waals surface area (Å²) in [6.45, 7) is 2.20. The van der Waals surface area contributed by atoms with Crippen molar-refractivity contribution in [2.75, 3.05) is 25.1 Å². The number of benzene rings is 1. The summed E-state index contributed by atoms with van der Waals surface area (Å²) in [4.78, 5) is 12.2. The summed E-state index contributed by atoms with van der Waals surface area (Å²) in [5.41, 5.74) is 3.73. The van der Waals surface area contributed by atoms with Crippen molar-refractivity contribution in [2.45, 2.75) is 38.1 Å². The second-order valence-electron chi connectivity index (χ2n) is 5.63. The minimum Gasteiger partial charge on any atom is -0.378 e. The van der Waals surface area contributed by atoms with Crippen LogP contribution in [0.4, 0.5) is 5.69 Å². The fraction of sp³-hybridized carbons (Fsp3) is 0.562. The van der Waals surface area contributed by atoms with Crippen LogP contribution in [0.2, 0.25) is 0 Å². The predicted octanol–water partition coefficient (Wildman–Crippen LogP) is 2.30. The number of anilines is 1. The van der Waals surface area contributed by atoms with Gasteiger partial charge in [0.25, 0.3) is 0 Å². The van der Waals surface area contributed by atoms with Crippen LogP contribution < -0.4 is 10.6 Å². The predicted molar refractivity (Wildman–Crippen MR) is 86.2 cm³/mol. The van der Waals surface area contributed by atoms with Crippen molar-refractivity contribution in [2.24, 2.45) is 0 Å². The van der Waals surface area contributed by atoms with Crippen molar-refractivity contribution in [3.8, 4) is 0 Å². The van der Waals surface area contributed by atoms with Crippen molar-refractivity contribution in [1.82, 2.24) is 5.32 Å². The largest absolute Gasteiger partial charge is 0.378 e. The number of fused-ring (bicyclic) bond motifs is 1. The Balaban J connectivity index is 0.00000161. The molecule has 116 valence electrons. The molecule has 5 heteroatoms. The molecule has 0 radical (unpaired) electrons. The highest BCUT2D eigenvalue weighted by molar-refractivity contribution is 5.92. The monoisotopic (exact) mass is 310 g/mol. The van der Waals surface area contributed by atoms with Gasteiger partial charge >= 0.3 is 0 Å². The molecule has 4 nitrogen and oxygen atoms in total. The Kier molecular flexibility index (Phi) is 6.03. The molecule has 1 amide bonds. The molecule has 1 aromatic rings. The first kappa shape index (κ1) is 16.3. The van der Waals surface area contributed by atoms with E-state index in [1.807, 2.05) is 12.1 Å². The number of morpholine rings is 1. The summed E-state index contributed by atoms with van der Waals surface area (Å²) in [7, 11) is 0. The van der Waals surface area contributed by atoms with Gasteiger partial charge in [-0.2, -0.15) is 0 Å². The molecule has 1 saturated heterocycles. The smallest absolute Gasteiger partial charge is 0.226 e. The van der Waals surface area contributed by atoms with Crippen LogP contribution in [0.15, 0.2) is 18.2 Å². The third-order valence-electron chi connectivity index (χ3n) is 4.10. The first-order chi connectivity index (χ1) is 9.83. The lowest BCUT2D eigenvalue weighted by atomic mass is 9.90. The summed E-state index contributed by atoms with van der Waals surface area (Å²) in [5, 5.41) is 6.40. The van der Waals surface area contributed by atoms with Crippen molar-refractivity contribution in [1.29, 1.82) is 0 Å². The molecule has 21 heavy (non-hydrogen) atoms. The molecule has 2 N–H and O–H groups in total. The molecule has 1 aromatic carbocycles. The van der Waals surface area contributed by atoms with Gasteiger partial charge in [0.15, 0.2) is 0 Å². The maximum absolute atomic E-state index is 12.2. The van der Waals surface area contributed by atoms with E-state index in [0.29, 0.717) is 13.0 Å². The third-order valence-corrected chi connectivity index (χ3v) is 4.10. The second kappa shape index (κ2) is 7.78. The molecule has 0 spiro atoms. The molecule has 0 bridgehead atoms. The molecular formula is C16H23ClN2O2. The van der Waals surface area contributed by atoms with E-state index >= 15 is 0 Å². The van der Waals surface area contributed by atoms with E-state index < -0.39 is 0 Å². The Labute approximate surface area is 132 Å². The summed E-state index contributed by atoms with van der Waals surface area (Å²) in [5.74, 6) is 0.0759. The van der Waals surface area contributed by atoms with E-state index in [1.165, 1.54) is 24.0 Å². The van der Waals surface area contributed by atoms with E-state index in [9.17, 15) is 4.79 Å². The molecule has 1 aliphatic carbocycles. The maximum Gasteiger partial charge on any atom is 0.226 e. The Morgan fingerprint density at radius 2 is 2.19 bits per heavy atom. The highest BCUT2D eigenvalue weighted by Gasteiger charge is 2.19. The average molecular weight is 311 g/mol. The van der Waals surface area contributed by atoms with Crippen LogP contribution in [0.25, 0.3) is 0 Å². The zero-order chi connectivity index (χ0) is 13.8. The molecule has 1 unspecified atom stereocenters. The minimum atomic E-state index is 0. The molecule has 1 fully saturated rings. The lowest BCUT2D eigenvalue weighted by molar-refractivity contribution is -0.117. The third kappa shape index (κ3) is 4.19. The first-order valence-electron chi connectivity index (χ1n) is 7.54. The molecule has 1 heterocycles. The average Bonchev–Trinajstić information content (AvgIpc) is 2.48. The van der Waals surface area contributed by atoms with Crippen LogP contribution in [0, 0.1) is 0 Å². The van der Waals surface area contributed by atoms with E-state index in [-0.39, 0.29) is 24.4 Å². The van der Waals surface area contributed by atoms with Crippen molar-refractivity contribution >= 4 is 24.0 Å². The first-order valence-corrected chi connectivity index (χ1v) is 7.54. The lowest BCUT2D eigenvalue weighted by Crippen LogP contribution is -2.43. The Morgan fingerprint density at radius 1 is 1.33 bits per heavy atom. The molecule has 0 aromatic heterocycles. The highest BCUT2D eigenvalue weighted by Crippen LogP contribution is 2.27. The van der Waals surface area contributed by atoms with Crippen LogP contribution in [-0.4, -0.2) is 31.7 Å². The van der Waals surface area contributed by atoms with Crippen LogP contribution in [-0.2, 0) is 22.4 Å². The topological polar surface area (TPSA) is 50.4 Å². The number of nitrogens with one attached hydrogen (secondary N) is 2. The Morgan fingerprint density at radius 3 is 3.00 bits per heavy atom. The summed E-state index contributed by atoms with van der Waals surface area (Å²) < 4.78 is 5.38.